The van der Waals surface area contributed by atoms with Gasteiger partial charge in [0.25, 0.3) is 5.56 Å². The monoisotopic (exact) mass is 367 g/mol. The van der Waals surface area contributed by atoms with Crippen LogP contribution in [0.15, 0.2) is 58.5 Å². The van der Waals surface area contributed by atoms with Crippen molar-refractivity contribution in [3.8, 4) is 11.8 Å². The minimum atomic E-state index is -0.377. The summed E-state index contributed by atoms with van der Waals surface area (Å²) >= 11 is 2.64. The molecule has 25 heavy (non-hydrogen) atoms. The van der Waals surface area contributed by atoms with Crippen LogP contribution < -0.4 is 5.56 Å². The number of hydrogen-bond acceptors (Lipinski definition) is 5. The summed E-state index contributed by atoms with van der Waals surface area (Å²) in [5.74, 6) is -0.206. The van der Waals surface area contributed by atoms with Crippen LogP contribution in [-0.4, -0.2) is 15.3 Å². The van der Waals surface area contributed by atoms with Gasteiger partial charge in [0.15, 0.2) is 5.16 Å². The van der Waals surface area contributed by atoms with Crippen LogP contribution >= 0.6 is 23.1 Å². The largest absolute Gasteiger partial charge is 0.268 e. The molecule has 0 saturated heterocycles. The maximum absolute atomic E-state index is 13.3. The fourth-order valence-corrected chi connectivity index (χ4v) is 4.46. The van der Waals surface area contributed by atoms with E-state index in [1.54, 1.807) is 0 Å². The van der Waals surface area contributed by atoms with E-state index >= 15 is 0 Å². The number of aromatic nitrogens is 2. The summed E-state index contributed by atoms with van der Waals surface area (Å²) in [5, 5.41) is 10.7. The summed E-state index contributed by atoms with van der Waals surface area (Å²) in [5.41, 5.74) is 0.311. The second kappa shape index (κ2) is 6.31. The fraction of sp³-hybridized carbons (Fsp3) is 0.0556. The smallest absolute Gasteiger partial charge is 0.268 e. The van der Waals surface area contributed by atoms with Crippen molar-refractivity contribution >= 4 is 43.4 Å². The first-order chi connectivity index (χ1) is 12.2. The molecule has 0 aliphatic rings. The Kier molecular flexibility index (Phi) is 3.99. The highest BCUT2D eigenvalue weighted by Gasteiger charge is 2.17. The number of thiophene rings is 1. The summed E-state index contributed by atoms with van der Waals surface area (Å²) in [4.78, 5) is 18.5. The Bertz CT molecular complexity index is 1190. The van der Waals surface area contributed by atoms with E-state index in [2.05, 4.69) is 4.98 Å². The normalized spacial score (nSPS) is 11.0. The van der Waals surface area contributed by atoms with Gasteiger partial charge in [-0.25, -0.2) is 9.37 Å². The highest BCUT2D eigenvalue weighted by atomic mass is 32.2. The van der Waals surface area contributed by atoms with Crippen molar-refractivity contribution in [3.63, 3.8) is 0 Å². The van der Waals surface area contributed by atoms with Crippen molar-refractivity contribution in [3.05, 3.63) is 64.7 Å². The number of fused-ring (bicyclic) bond motifs is 3. The Morgan fingerprint density at radius 2 is 1.96 bits per heavy atom. The van der Waals surface area contributed by atoms with Gasteiger partial charge in [-0.1, -0.05) is 30.0 Å². The number of hydrogen-bond donors (Lipinski definition) is 0. The minimum Gasteiger partial charge on any atom is -0.268 e. The third kappa shape index (κ3) is 2.69. The quantitative estimate of drug-likeness (QED) is 0.399. The van der Waals surface area contributed by atoms with Crippen molar-refractivity contribution in [2.75, 3.05) is 5.75 Å². The second-order valence-electron chi connectivity index (χ2n) is 5.24. The van der Waals surface area contributed by atoms with Gasteiger partial charge in [-0.15, -0.1) is 11.3 Å². The topological polar surface area (TPSA) is 58.7 Å². The van der Waals surface area contributed by atoms with E-state index in [9.17, 15) is 9.18 Å². The van der Waals surface area contributed by atoms with Crippen LogP contribution in [-0.2, 0) is 0 Å². The predicted molar refractivity (Wildman–Crippen MR) is 99.0 cm³/mol. The maximum Gasteiger partial charge on any atom is 0.268 e. The maximum atomic E-state index is 13.3. The van der Waals surface area contributed by atoms with Gasteiger partial charge in [0.05, 0.1) is 22.9 Å². The predicted octanol–water partition coefficient (Wildman–Crippen LogP) is 4.36. The zero-order valence-corrected chi connectivity index (χ0v) is 14.4. The number of halogens is 1. The molecule has 4 nitrogen and oxygen atoms in total. The van der Waals surface area contributed by atoms with E-state index in [1.165, 1.54) is 51.9 Å². The number of rotatable bonds is 3. The minimum absolute atomic E-state index is 0.171. The molecule has 4 rings (SSSR count). The lowest BCUT2D eigenvalue weighted by atomic mass is 10.2. The van der Waals surface area contributed by atoms with Crippen LogP contribution in [0.1, 0.15) is 0 Å². The molecular formula is C18H10FN3OS2. The molecule has 2 heterocycles. The Morgan fingerprint density at radius 1 is 1.20 bits per heavy atom. The van der Waals surface area contributed by atoms with Crippen molar-refractivity contribution in [1.82, 2.24) is 9.55 Å². The molecule has 0 aliphatic carbocycles. The van der Waals surface area contributed by atoms with Crippen LogP contribution in [0.5, 0.6) is 0 Å². The van der Waals surface area contributed by atoms with Crippen molar-refractivity contribution in [2.45, 2.75) is 5.16 Å². The number of nitriles is 1. The first-order valence-corrected chi connectivity index (χ1v) is 9.19. The lowest BCUT2D eigenvalue weighted by Gasteiger charge is -2.11. The summed E-state index contributed by atoms with van der Waals surface area (Å²) in [6, 6.07) is 15.4. The fourth-order valence-electron chi connectivity index (χ4n) is 2.67. The zero-order valence-electron chi connectivity index (χ0n) is 12.8. The second-order valence-corrected chi connectivity index (χ2v) is 7.21. The highest BCUT2D eigenvalue weighted by Crippen LogP contribution is 2.32. The molecule has 0 aliphatic heterocycles. The standard InChI is InChI=1S/C18H10FN3OS2/c19-11-5-7-12(8-6-11)22-17(23)15-13-3-1-2-4-14(13)25-16(15)21-18(22)24-10-9-20/h1-8H,10H2. The van der Waals surface area contributed by atoms with Crippen LogP contribution in [0.2, 0.25) is 0 Å². The number of benzene rings is 2. The molecule has 0 radical (unpaired) electrons. The third-order valence-electron chi connectivity index (χ3n) is 3.73. The van der Waals surface area contributed by atoms with Crippen LogP contribution in [0.3, 0.4) is 0 Å². The van der Waals surface area contributed by atoms with Gasteiger partial charge in [-0.05, 0) is 30.3 Å². The average Bonchev–Trinajstić information content (AvgIpc) is 2.99. The summed E-state index contributed by atoms with van der Waals surface area (Å²) in [6.45, 7) is 0. The van der Waals surface area contributed by atoms with Gasteiger partial charge in [-0.3, -0.25) is 9.36 Å². The molecule has 0 bridgehead atoms. The lowest BCUT2D eigenvalue weighted by molar-refractivity contribution is 0.627. The highest BCUT2D eigenvalue weighted by molar-refractivity contribution is 7.99. The van der Waals surface area contributed by atoms with Gasteiger partial charge >= 0.3 is 0 Å². The molecule has 0 atom stereocenters. The molecule has 0 saturated carbocycles. The van der Waals surface area contributed by atoms with Crippen LogP contribution in [0.4, 0.5) is 4.39 Å². The van der Waals surface area contributed by atoms with Crippen molar-refractivity contribution in [2.24, 2.45) is 0 Å². The average molecular weight is 367 g/mol. The van der Waals surface area contributed by atoms with Crippen molar-refractivity contribution in [1.29, 1.82) is 5.26 Å². The van der Waals surface area contributed by atoms with E-state index in [-0.39, 0.29) is 17.1 Å². The van der Waals surface area contributed by atoms with Gasteiger partial charge < -0.3 is 0 Å². The number of thioether (sulfide) groups is 1. The summed E-state index contributed by atoms with van der Waals surface area (Å²) in [6.07, 6.45) is 0. The first-order valence-electron chi connectivity index (χ1n) is 7.39. The van der Waals surface area contributed by atoms with Crippen LogP contribution in [0, 0.1) is 17.1 Å². The van der Waals surface area contributed by atoms with Gasteiger partial charge in [0.2, 0.25) is 0 Å². The lowest BCUT2D eigenvalue weighted by Crippen LogP contribution is -2.21. The van der Waals surface area contributed by atoms with Gasteiger partial charge in [0, 0.05) is 10.1 Å². The molecule has 0 amide bonds. The zero-order chi connectivity index (χ0) is 17.4. The molecule has 2 aromatic heterocycles. The van der Waals surface area contributed by atoms with E-state index < -0.39 is 0 Å². The molecule has 2 aromatic carbocycles. The molecule has 122 valence electrons. The molecule has 0 fully saturated rings. The summed E-state index contributed by atoms with van der Waals surface area (Å²) in [7, 11) is 0. The van der Waals surface area contributed by atoms with E-state index in [1.807, 2.05) is 30.3 Å². The molecule has 0 N–H and O–H groups in total. The van der Waals surface area contributed by atoms with E-state index in [0.29, 0.717) is 21.1 Å². The Balaban J connectivity index is 2.08. The Labute approximate surface area is 150 Å². The molecule has 0 unspecified atom stereocenters. The first kappa shape index (κ1) is 15.8. The molecule has 7 heteroatoms. The Hall–Kier alpha value is -2.69. The summed E-state index contributed by atoms with van der Waals surface area (Å²) < 4.78 is 15.7. The number of nitrogens with zero attached hydrogens (tertiary/aromatic N) is 3. The molecule has 0 spiro atoms. The Morgan fingerprint density at radius 3 is 2.72 bits per heavy atom. The van der Waals surface area contributed by atoms with E-state index in [4.69, 9.17) is 5.26 Å². The van der Waals surface area contributed by atoms with Crippen molar-refractivity contribution < 1.29 is 4.39 Å². The van der Waals surface area contributed by atoms with Gasteiger partial charge in [-0.2, -0.15) is 5.26 Å². The third-order valence-corrected chi connectivity index (χ3v) is 5.60. The van der Waals surface area contributed by atoms with Gasteiger partial charge in [0.1, 0.15) is 10.6 Å². The van der Waals surface area contributed by atoms with Crippen LogP contribution in [0.25, 0.3) is 26.0 Å². The molecule has 4 aromatic rings. The molecular weight excluding hydrogens is 357 g/mol. The van der Waals surface area contributed by atoms with E-state index in [0.717, 1.165) is 10.1 Å². The SMILES string of the molecule is N#CCSc1nc2sc3ccccc3c2c(=O)n1-c1ccc(F)cc1.